The van der Waals surface area contributed by atoms with Crippen LogP contribution < -0.4 is 4.74 Å². The maximum Gasteiger partial charge on any atom is 0.337 e. The van der Waals surface area contributed by atoms with Crippen molar-refractivity contribution in [3.8, 4) is 39.3 Å². The van der Waals surface area contributed by atoms with Crippen LogP contribution in [0, 0.1) is 13.8 Å². The van der Waals surface area contributed by atoms with E-state index in [-0.39, 0.29) is 0 Å². The number of pyridine rings is 1. The van der Waals surface area contributed by atoms with Crippen LogP contribution >= 0.6 is 0 Å². The lowest BCUT2D eigenvalue weighted by Crippen LogP contribution is -2.28. The molecule has 0 unspecified atom stereocenters. The highest BCUT2D eigenvalue weighted by Crippen LogP contribution is 2.42. The number of fused-ring (bicyclic) bond motifs is 1. The molecule has 5 rings (SSSR count). The molecule has 2 aromatic heterocycles. The zero-order valence-electron chi connectivity index (χ0n) is 23.4. The second kappa shape index (κ2) is 10.3. The van der Waals surface area contributed by atoms with Gasteiger partial charge in [-0.25, -0.2) is 4.79 Å². The number of benzene rings is 2. The summed E-state index contributed by atoms with van der Waals surface area (Å²) in [5.74, 6) is -0.150. The number of hydrogen-bond donors (Lipinski definition) is 1. The Morgan fingerprint density at radius 2 is 1.85 bits per heavy atom. The Morgan fingerprint density at radius 3 is 2.54 bits per heavy atom. The van der Waals surface area contributed by atoms with Crippen molar-refractivity contribution in [2.75, 3.05) is 6.61 Å². The molecule has 0 fully saturated rings. The maximum atomic E-state index is 12.6. The minimum atomic E-state index is -1.17. The monoisotopic (exact) mass is 525 g/mol. The lowest BCUT2D eigenvalue weighted by atomic mass is 9.87. The van der Waals surface area contributed by atoms with Gasteiger partial charge in [0, 0.05) is 35.6 Å². The molecular weight excluding hydrogens is 490 g/mol. The second-order valence-corrected chi connectivity index (χ2v) is 11.2. The highest BCUT2D eigenvalue weighted by atomic mass is 16.5. The lowest BCUT2D eigenvalue weighted by molar-refractivity contribution is -0.160. The SMILES string of the molecule is Cc1nc(-c2cccc(-c3cnn(C)c3)c2)c(C)c(-c2ccc3c(c2)CCCO3)c1[C@H](OC(C)(C)C)C(=O)O. The summed E-state index contributed by atoms with van der Waals surface area (Å²) in [5, 5.41) is 14.7. The molecule has 202 valence electrons. The van der Waals surface area contributed by atoms with Crippen LogP contribution in [0.2, 0.25) is 0 Å². The molecule has 0 amide bonds. The van der Waals surface area contributed by atoms with E-state index in [2.05, 4.69) is 23.3 Å². The molecule has 1 N–H and O–H groups in total. The first-order chi connectivity index (χ1) is 18.5. The number of ether oxygens (including phenoxy) is 2. The van der Waals surface area contributed by atoms with Gasteiger partial charge >= 0.3 is 5.97 Å². The van der Waals surface area contributed by atoms with Gasteiger partial charge in [-0.3, -0.25) is 9.67 Å². The smallest absolute Gasteiger partial charge is 0.337 e. The molecule has 0 radical (unpaired) electrons. The molecule has 2 aromatic carbocycles. The van der Waals surface area contributed by atoms with Crippen LogP contribution in [-0.4, -0.2) is 38.0 Å². The van der Waals surface area contributed by atoms with Crippen molar-refractivity contribution in [1.82, 2.24) is 14.8 Å². The largest absolute Gasteiger partial charge is 0.493 e. The minimum Gasteiger partial charge on any atom is -0.493 e. The van der Waals surface area contributed by atoms with Crippen LogP contribution in [0.25, 0.3) is 33.5 Å². The van der Waals surface area contributed by atoms with Crippen molar-refractivity contribution < 1.29 is 19.4 Å². The first-order valence-corrected chi connectivity index (χ1v) is 13.3. The van der Waals surface area contributed by atoms with Crippen LogP contribution in [0.15, 0.2) is 54.9 Å². The number of carboxylic acid groups (broad SMARTS) is 1. The predicted octanol–water partition coefficient (Wildman–Crippen LogP) is 6.70. The average Bonchev–Trinajstić information content (AvgIpc) is 3.34. The standard InChI is InChI=1S/C32H35N3O4/c1-19-27(23-12-13-26-22(16-23)11-8-14-38-26)28(30(31(36)37)39-32(3,4)5)20(2)34-29(19)24-10-7-9-21(15-24)25-17-33-35(6)18-25/h7,9-10,12-13,15-18,30H,8,11,14H2,1-6H3,(H,36,37)/t30-/m0/s1. The van der Waals surface area contributed by atoms with Gasteiger partial charge in [-0.1, -0.05) is 24.3 Å². The average molecular weight is 526 g/mol. The Bertz CT molecular complexity index is 1550. The number of carbonyl (C=O) groups is 1. The normalized spacial score (nSPS) is 14.0. The first-order valence-electron chi connectivity index (χ1n) is 13.3. The van der Waals surface area contributed by atoms with Crippen molar-refractivity contribution in [3.05, 3.63) is 77.2 Å². The van der Waals surface area contributed by atoms with Crippen LogP contribution in [0.1, 0.15) is 55.7 Å². The van der Waals surface area contributed by atoms with Crippen molar-refractivity contribution in [2.24, 2.45) is 7.05 Å². The summed E-state index contributed by atoms with van der Waals surface area (Å²) in [4.78, 5) is 17.6. The number of carboxylic acids is 1. The van der Waals surface area contributed by atoms with Gasteiger partial charge in [0.05, 0.1) is 24.1 Å². The van der Waals surface area contributed by atoms with Gasteiger partial charge in [0.25, 0.3) is 0 Å². The molecule has 39 heavy (non-hydrogen) atoms. The fraction of sp³-hybridized carbons (Fsp3) is 0.344. The summed E-state index contributed by atoms with van der Waals surface area (Å²) in [6.45, 7) is 10.2. The number of aryl methyl sites for hydroxylation is 3. The molecule has 0 bridgehead atoms. The fourth-order valence-corrected chi connectivity index (χ4v) is 5.31. The molecule has 0 saturated carbocycles. The first kappa shape index (κ1) is 26.6. The molecule has 3 heterocycles. The van der Waals surface area contributed by atoms with Crippen LogP contribution in [0.3, 0.4) is 0 Å². The van der Waals surface area contributed by atoms with Gasteiger partial charge in [0.1, 0.15) is 5.75 Å². The molecule has 0 spiro atoms. The number of aromatic nitrogens is 3. The zero-order valence-corrected chi connectivity index (χ0v) is 23.4. The highest BCUT2D eigenvalue weighted by Gasteiger charge is 2.33. The summed E-state index contributed by atoms with van der Waals surface area (Å²) >= 11 is 0. The summed E-state index contributed by atoms with van der Waals surface area (Å²) in [6, 6.07) is 14.4. The Kier molecular flexibility index (Phi) is 7.03. The van der Waals surface area contributed by atoms with Crippen molar-refractivity contribution in [3.63, 3.8) is 0 Å². The van der Waals surface area contributed by atoms with Crippen LogP contribution in [-0.2, 0) is 23.0 Å². The van der Waals surface area contributed by atoms with Gasteiger partial charge in [0.2, 0.25) is 0 Å². The molecule has 1 aliphatic rings. The second-order valence-electron chi connectivity index (χ2n) is 11.2. The molecule has 7 heteroatoms. The maximum absolute atomic E-state index is 12.6. The third-order valence-electron chi connectivity index (χ3n) is 7.00. The molecule has 4 aromatic rings. The fourth-order valence-electron chi connectivity index (χ4n) is 5.31. The van der Waals surface area contributed by atoms with Gasteiger partial charge in [-0.05, 0) is 93.5 Å². The van der Waals surface area contributed by atoms with E-state index in [1.165, 1.54) is 0 Å². The molecule has 7 nitrogen and oxygen atoms in total. The van der Waals surface area contributed by atoms with Crippen LogP contribution in [0.5, 0.6) is 5.75 Å². The van der Waals surface area contributed by atoms with E-state index in [1.807, 2.05) is 78.3 Å². The third kappa shape index (κ3) is 5.45. The highest BCUT2D eigenvalue weighted by molar-refractivity contribution is 5.86. The van der Waals surface area contributed by atoms with E-state index in [1.54, 1.807) is 4.68 Å². The molecule has 1 atom stereocenters. The Labute approximate surface area is 229 Å². The van der Waals surface area contributed by atoms with Gasteiger partial charge in [-0.15, -0.1) is 0 Å². The molecule has 1 aliphatic heterocycles. The van der Waals surface area contributed by atoms with Gasteiger partial charge in [0.15, 0.2) is 6.10 Å². The van der Waals surface area contributed by atoms with E-state index in [0.29, 0.717) is 17.9 Å². The number of rotatable bonds is 6. The summed E-state index contributed by atoms with van der Waals surface area (Å²) in [6.07, 6.45) is 4.53. The minimum absolute atomic E-state index is 0.582. The predicted molar refractivity (Wildman–Crippen MR) is 152 cm³/mol. The van der Waals surface area contributed by atoms with E-state index in [0.717, 1.165) is 63.2 Å². The van der Waals surface area contributed by atoms with Crippen LogP contribution in [0.4, 0.5) is 0 Å². The number of hydrogen-bond acceptors (Lipinski definition) is 5. The zero-order chi connectivity index (χ0) is 27.9. The van der Waals surface area contributed by atoms with E-state index < -0.39 is 17.7 Å². The van der Waals surface area contributed by atoms with Crippen molar-refractivity contribution >= 4 is 5.97 Å². The summed E-state index contributed by atoms with van der Waals surface area (Å²) in [5.41, 5.74) is 8.17. The molecule has 0 saturated heterocycles. The molecular formula is C32H35N3O4. The Hall–Kier alpha value is -3.97. The van der Waals surface area contributed by atoms with Crippen molar-refractivity contribution in [1.29, 1.82) is 0 Å². The lowest BCUT2D eigenvalue weighted by Gasteiger charge is -2.29. The summed E-state index contributed by atoms with van der Waals surface area (Å²) in [7, 11) is 1.90. The van der Waals surface area contributed by atoms with Gasteiger partial charge < -0.3 is 14.6 Å². The van der Waals surface area contributed by atoms with E-state index in [9.17, 15) is 9.90 Å². The number of nitrogens with zero attached hydrogens (tertiary/aromatic N) is 3. The third-order valence-corrected chi connectivity index (χ3v) is 7.00. The Balaban J connectivity index is 1.74. The topological polar surface area (TPSA) is 86.5 Å². The van der Waals surface area contributed by atoms with Crippen molar-refractivity contribution in [2.45, 2.75) is 59.2 Å². The van der Waals surface area contributed by atoms with Gasteiger partial charge in [-0.2, -0.15) is 5.10 Å². The Morgan fingerprint density at radius 1 is 1.08 bits per heavy atom. The number of aliphatic carboxylic acids is 1. The van der Waals surface area contributed by atoms with E-state index >= 15 is 0 Å². The van der Waals surface area contributed by atoms with E-state index in [4.69, 9.17) is 14.5 Å². The molecule has 0 aliphatic carbocycles. The quantitative estimate of drug-likeness (QED) is 0.301. The summed E-state index contributed by atoms with van der Waals surface area (Å²) < 4.78 is 13.8.